The molecule has 1 aromatic heterocycles. The Kier molecular flexibility index (Phi) is 5.45. The molecule has 2 rings (SSSR count). The van der Waals surface area contributed by atoms with Crippen LogP contribution in [-0.2, 0) is 0 Å². The van der Waals surface area contributed by atoms with E-state index in [1.165, 1.54) is 10.4 Å². The molecule has 1 aromatic carbocycles. The summed E-state index contributed by atoms with van der Waals surface area (Å²) >= 11 is 8.81. The maximum atomic E-state index is 5.56. The summed E-state index contributed by atoms with van der Waals surface area (Å²) in [5.41, 5.74) is 1.20. The summed E-state index contributed by atoms with van der Waals surface area (Å²) in [6, 6.07) is 10.5. The van der Waals surface area contributed by atoms with Crippen LogP contribution >= 0.6 is 43.2 Å². The number of nitrogens with one attached hydrogen (secondary N) is 1. The molecule has 0 amide bonds. The molecule has 2 nitrogen and oxygen atoms in total. The van der Waals surface area contributed by atoms with E-state index in [-0.39, 0.29) is 6.04 Å². The van der Waals surface area contributed by atoms with Gasteiger partial charge in [-0.3, -0.25) is 0 Å². The number of thiophene rings is 1. The van der Waals surface area contributed by atoms with Crippen LogP contribution in [-0.4, -0.2) is 13.7 Å². The van der Waals surface area contributed by atoms with E-state index in [2.05, 4.69) is 55.4 Å². The molecular weight excluding hydrogens is 390 g/mol. The van der Waals surface area contributed by atoms with Crippen molar-refractivity contribution in [3.63, 3.8) is 0 Å². The first-order valence-electron chi connectivity index (χ1n) is 6.00. The number of hydrogen-bond donors (Lipinski definition) is 1. The minimum absolute atomic E-state index is 0.174. The van der Waals surface area contributed by atoms with Gasteiger partial charge in [-0.15, -0.1) is 11.3 Å². The smallest absolute Gasteiger partial charge is 0.119 e. The van der Waals surface area contributed by atoms with Crippen molar-refractivity contribution in [3.8, 4) is 5.75 Å². The van der Waals surface area contributed by atoms with Crippen LogP contribution in [0.1, 0.15) is 23.4 Å². The van der Waals surface area contributed by atoms with Gasteiger partial charge in [0.15, 0.2) is 0 Å². The topological polar surface area (TPSA) is 21.3 Å². The first-order valence-corrected chi connectivity index (χ1v) is 8.40. The Hall–Kier alpha value is -0.360. The third kappa shape index (κ3) is 3.60. The van der Waals surface area contributed by atoms with Gasteiger partial charge in [-0.25, -0.2) is 0 Å². The van der Waals surface area contributed by atoms with Gasteiger partial charge in [0.25, 0.3) is 0 Å². The standard InChI is InChI=1S/C14H15Br2NOS/c1-3-18-10-6-4-5-9(7-10)13(17-2)12-8-11(15)14(16)19-12/h4-8,13,17H,3H2,1-2H3. The van der Waals surface area contributed by atoms with E-state index < -0.39 is 0 Å². The first kappa shape index (κ1) is 15.0. The van der Waals surface area contributed by atoms with Gasteiger partial charge in [0.1, 0.15) is 5.75 Å². The van der Waals surface area contributed by atoms with Crippen LogP contribution in [0.4, 0.5) is 0 Å². The Bertz CT molecular complexity index is 537. The maximum absolute atomic E-state index is 5.56. The van der Waals surface area contributed by atoms with Gasteiger partial charge in [-0.05, 0) is 69.6 Å². The van der Waals surface area contributed by atoms with Crippen molar-refractivity contribution >= 4 is 43.2 Å². The zero-order valence-electron chi connectivity index (χ0n) is 10.7. The summed E-state index contributed by atoms with van der Waals surface area (Å²) in [4.78, 5) is 1.26. The van der Waals surface area contributed by atoms with Gasteiger partial charge in [0.2, 0.25) is 0 Å². The third-order valence-corrected chi connectivity index (χ3v) is 6.06. The highest BCUT2D eigenvalue weighted by atomic mass is 79.9. The summed E-state index contributed by atoms with van der Waals surface area (Å²) in [6.07, 6.45) is 0. The summed E-state index contributed by atoms with van der Waals surface area (Å²) in [5, 5.41) is 3.36. The quantitative estimate of drug-likeness (QED) is 0.758. The van der Waals surface area contributed by atoms with Crippen molar-refractivity contribution in [1.29, 1.82) is 0 Å². The number of rotatable bonds is 5. The number of halogens is 2. The molecule has 0 aliphatic rings. The van der Waals surface area contributed by atoms with E-state index in [9.17, 15) is 0 Å². The van der Waals surface area contributed by atoms with Crippen LogP contribution in [0, 0.1) is 0 Å². The molecule has 0 aliphatic carbocycles. The molecule has 0 radical (unpaired) electrons. The van der Waals surface area contributed by atoms with Crippen LogP contribution in [0.5, 0.6) is 5.75 Å². The highest BCUT2D eigenvalue weighted by Crippen LogP contribution is 2.37. The van der Waals surface area contributed by atoms with Crippen LogP contribution < -0.4 is 10.1 Å². The largest absolute Gasteiger partial charge is 0.494 e. The number of hydrogen-bond acceptors (Lipinski definition) is 3. The zero-order chi connectivity index (χ0) is 13.8. The molecule has 102 valence electrons. The molecule has 0 bridgehead atoms. The fourth-order valence-corrected chi connectivity index (χ4v) is 4.16. The summed E-state index contributed by atoms with van der Waals surface area (Å²) in [6.45, 7) is 2.68. The molecule has 1 unspecified atom stereocenters. The Morgan fingerprint density at radius 1 is 1.32 bits per heavy atom. The van der Waals surface area contributed by atoms with Crippen LogP contribution in [0.15, 0.2) is 38.6 Å². The molecule has 0 fully saturated rings. The van der Waals surface area contributed by atoms with Crippen LogP contribution in [0.3, 0.4) is 0 Å². The Labute approximate surface area is 134 Å². The third-order valence-electron chi connectivity index (χ3n) is 2.74. The monoisotopic (exact) mass is 403 g/mol. The minimum Gasteiger partial charge on any atom is -0.494 e. The van der Waals surface area contributed by atoms with E-state index in [0.717, 1.165) is 14.0 Å². The molecular formula is C14H15Br2NOS. The van der Waals surface area contributed by atoms with Gasteiger partial charge in [0, 0.05) is 9.35 Å². The predicted molar refractivity (Wildman–Crippen MR) is 88.2 cm³/mol. The molecule has 1 N–H and O–H groups in total. The fourth-order valence-electron chi connectivity index (χ4n) is 1.93. The lowest BCUT2D eigenvalue weighted by molar-refractivity contribution is 0.339. The van der Waals surface area contributed by atoms with E-state index in [1.807, 2.05) is 26.1 Å². The Balaban J connectivity index is 2.33. The predicted octanol–water partition coefficient (Wildman–Crippen LogP) is 4.98. The molecule has 19 heavy (non-hydrogen) atoms. The lowest BCUT2D eigenvalue weighted by Crippen LogP contribution is -2.16. The number of ether oxygens (including phenoxy) is 1. The molecule has 0 aliphatic heterocycles. The second kappa shape index (κ2) is 6.88. The average Bonchev–Trinajstić information content (AvgIpc) is 2.71. The summed E-state index contributed by atoms with van der Waals surface area (Å²) < 4.78 is 7.77. The van der Waals surface area contributed by atoms with Crippen LogP contribution in [0.25, 0.3) is 0 Å². The van der Waals surface area contributed by atoms with E-state index in [4.69, 9.17) is 4.74 Å². The SMILES string of the molecule is CCOc1cccc(C(NC)c2cc(Br)c(Br)s2)c1. The maximum Gasteiger partial charge on any atom is 0.119 e. The van der Waals surface area contributed by atoms with Gasteiger partial charge < -0.3 is 10.1 Å². The van der Waals surface area contributed by atoms with Crippen molar-refractivity contribution in [2.45, 2.75) is 13.0 Å². The van der Waals surface area contributed by atoms with Crippen molar-refractivity contribution in [3.05, 3.63) is 49.0 Å². The van der Waals surface area contributed by atoms with Crippen molar-refractivity contribution in [2.24, 2.45) is 0 Å². The van der Waals surface area contributed by atoms with E-state index in [0.29, 0.717) is 6.61 Å². The Morgan fingerprint density at radius 2 is 2.11 bits per heavy atom. The molecule has 0 spiro atoms. The molecule has 0 saturated carbocycles. The lowest BCUT2D eigenvalue weighted by Gasteiger charge is -2.16. The zero-order valence-corrected chi connectivity index (χ0v) is 14.7. The summed E-state index contributed by atoms with van der Waals surface area (Å²) in [5.74, 6) is 0.912. The molecule has 1 atom stereocenters. The highest BCUT2D eigenvalue weighted by molar-refractivity contribution is 9.13. The van der Waals surface area contributed by atoms with E-state index in [1.54, 1.807) is 11.3 Å². The van der Waals surface area contributed by atoms with E-state index >= 15 is 0 Å². The van der Waals surface area contributed by atoms with Crippen molar-refractivity contribution < 1.29 is 4.74 Å². The molecule has 5 heteroatoms. The molecule has 1 heterocycles. The normalized spacial score (nSPS) is 12.4. The number of benzene rings is 1. The fraction of sp³-hybridized carbons (Fsp3) is 0.286. The lowest BCUT2D eigenvalue weighted by atomic mass is 10.1. The van der Waals surface area contributed by atoms with Gasteiger partial charge in [0.05, 0.1) is 16.4 Å². The molecule has 2 aromatic rings. The van der Waals surface area contributed by atoms with Gasteiger partial charge >= 0.3 is 0 Å². The second-order valence-corrected chi connectivity index (χ2v) is 7.25. The van der Waals surface area contributed by atoms with Gasteiger partial charge in [-0.2, -0.15) is 0 Å². The van der Waals surface area contributed by atoms with Crippen molar-refractivity contribution in [1.82, 2.24) is 5.32 Å². The van der Waals surface area contributed by atoms with Crippen LogP contribution in [0.2, 0.25) is 0 Å². The van der Waals surface area contributed by atoms with Crippen molar-refractivity contribution in [2.75, 3.05) is 13.7 Å². The second-order valence-electron chi connectivity index (χ2n) is 4.00. The Morgan fingerprint density at radius 3 is 2.68 bits per heavy atom. The average molecular weight is 405 g/mol. The molecule has 0 saturated heterocycles. The summed E-state index contributed by atoms with van der Waals surface area (Å²) in [7, 11) is 1.97. The minimum atomic E-state index is 0.174. The van der Waals surface area contributed by atoms with Gasteiger partial charge in [-0.1, -0.05) is 12.1 Å². The first-order chi connectivity index (χ1) is 9.15. The highest BCUT2D eigenvalue weighted by Gasteiger charge is 2.16.